The molecule has 2 rings (SSSR count). The molecule has 1 amide bonds. The van der Waals surface area contributed by atoms with Crippen LogP contribution < -0.4 is 0 Å². The first kappa shape index (κ1) is 20.8. The summed E-state index contributed by atoms with van der Waals surface area (Å²) in [6.45, 7) is 10.0. The van der Waals surface area contributed by atoms with Crippen molar-refractivity contribution in [3.8, 4) is 0 Å². The van der Waals surface area contributed by atoms with E-state index in [4.69, 9.17) is 9.47 Å². The zero-order valence-electron chi connectivity index (χ0n) is 16.9. The Bertz CT molecular complexity index is 530. The number of carbonyl (C=O) groups excluding carboxylic acids is 1. The van der Waals surface area contributed by atoms with Gasteiger partial charge in [-0.3, -0.25) is 0 Å². The summed E-state index contributed by atoms with van der Waals surface area (Å²) in [5.74, 6) is 0.765. The summed E-state index contributed by atoms with van der Waals surface area (Å²) in [6.07, 6.45) is 5.18. The lowest BCUT2D eigenvalue weighted by Gasteiger charge is -2.37. The Morgan fingerprint density at radius 3 is 2.38 bits per heavy atom. The molecule has 1 aromatic rings. The second-order valence-electron chi connectivity index (χ2n) is 8.48. The van der Waals surface area contributed by atoms with Crippen molar-refractivity contribution in [3.05, 3.63) is 35.9 Å². The summed E-state index contributed by atoms with van der Waals surface area (Å²) in [6, 6.07) is 10.5. The number of carbonyl (C=O) groups is 1. The van der Waals surface area contributed by atoms with Gasteiger partial charge in [-0.2, -0.15) is 0 Å². The van der Waals surface area contributed by atoms with Crippen LogP contribution in [0.2, 0.25) is 0 Å². The van der Waals surface area contributed by atoms with Crippen molar-refractivity contribution in [3.63, 3.8) is 0 Å². The predicted octanol–water partition coefficient (Wildman–Crippen LogP) is 5.41. The van der Waals surface area contributed by atoms with Gasteiger partial charge in [-0.05, 0) is 64.4 Å². The maximum atomic E-state index is 12.7. The third-order valence-electron chi connectivity index (χ3n) is 4.85. The molecule has 0 N–H and O–H groups in total. The smallest absolute Gasteiger partial charge is 0.410 e. The van der Waals surface area contributed by atoms with Crippen molar-refractivity contribution in [1.82, 2.24) is 4.90 Å². The highest BCUT2D eigenvalue weighted by Crippen LogP contribution is 2.28. The van der Waals surface area contributed by atoms with E-state index in [1.165, 1.54) is 18.4 Å². The van der Waals surface area contributed by atoms with Crippen LogP contribution in [-0.2, 0) is 16.1 Å². The van der Waals surface area contributed by atoms with Gasteiger partial charge in [0, 0.05) is 19.2 Å². The fraction of sp³-hybridized carbons (Fsp3) is 0.682. The molecule has 0 atom stereocenters. The fourth-order valence-electron chi connectivity index (χ4n) is 3.40. The molecule has 1 aliphatic carbocycles. The van der Waals surface area contributed by atoms with Gasteiger partial charge >= 0.3 is 6.09 Å². The molecule has 0 heterocycles. The van der Waals surface area contributed by atoms with Gasteiger partial charge < -0.3 is 14.4 Å². The van der Waals surface area contributed by atoms with E-state index < -0.39 is 5.60 Å². The average molecular weight is 362 g/mol. The average Bonchev–Trinajstić information content (AvgIpc) is 2.58. The van der Waals surface area contributed by atoms with Crippen LogP contribution in [0.3, 0.4) is 0 Å². The number of rotatable bonds is 7. The lowest BCUT2D eigenvalue weighted by molar-refractivity contribution is 0.00767. The molecule has 0 saturated heterocycles. The number of ether oxygens (including phenoxy) is 2. The van der Waals surface area contributed by atoms with Crippen LogP contribution >= 0.6 is 0 Å². The molecule has 1 aromatic carbocycles. The van der Waals surface area contributed by atoms with Crippen molar-refractivity contribution in [2.24, 2.45) is 5.92 Å². The van der Waals surface area contributed by atoms with Gasteiger partial charge in [0.25, 0.3) is 0 Å². The summed E-state index contributed by atoms with van der Waals surface area (Å²) >= 11 is 0. The zero-order valence-corrected chi connectivity index (χ0v) is 16.9. The molecule has 0 radical (unpaired) electrons. The molecule has 1 aliphatic rings. The van der Waals surface area contributed by atoms with Crippen molar-refractivity contribution >= 4 is 6.09 Å². The molecular formula is C22H35NO3. The van der Waals surface area contributed by atoms with E-state index in [1.54, 1.807) is 0 Å². The summed E-state index contributed by atoms with van der Waals surface area (Å²) in [5, 5.41) is 0. The van der Waals surface area contributed by atoms with Crippen LogP contribution in [0.15, 0.2) is 30.3 Å². The molecule has 4 heteroatoms. The van der Waals surface area contributed by atoms with Gasteiger partial charge in [-0.25, -0.2) is 4.79 Å². The first-order valence-corrected chi connectivity index (χ1v) is 9.96. The molecule has 0 aromatic heterocycles. The minimum Gasteiger partial charge on any atom is -0.444 e. The van der Waals surface area contributed by atoms with Crippen LogP contribution in [0.5, 0.6) is 0 Å². The van der Waals surface area contributed by atoms with Crippen LogP contribution in [-0.4, -0.2) is 35.8 Å². The number of benzene rings is 1. The summed E-state index contributed by atoms with van der Waals surface area (Å²) in [5.41, 5.74) is 0.721. The van der Waals surface area contributed by atoms with Gasteiger partial charge in [0.15, 0.2) is 0 Å². The van der Waals surface area contributed by atoms with Crippen LogP contribution in [0, 0.1) is 5.92 Å². The molecule has 1 fully saturated rings. The lowest BCUT2D eigenvalue weighted by atomic mass is 9.86. The second kappa shape index (κ2) is 9.96. The van der Waals surface area contributed by atoms with Gasteiger partial charge in [0.1, 0.15) is 5.60 Å². The number of hydrogen-bond donors (Lipinski definition) is 0. The Balaban J connectivity index is 1.82. The Labute approximate surface area is 158 Å². The first-order chi connectivity index (χ1) is 12.3. The standard InChI is InChI=1S/C22H35NO3/c1-18-11-13-20(14-12-18)23(21(24)26-22(2,3)4)15-8-16-25-17-19-9-6-5-7-10-19/h5-7,9-10,18,20H,8,11-17H2,1-4H3. The highest BCUT2D eigenvalue weighted by Gasteiger charge is 2.30. The van der Waals surface area contributed by atoms with Crippen LogP contribution in [0.4, 0.5) is 4.79 Å². The monoisotopic (exact) mass is 361 g/mol. The molecule has 0 aliphatic heterocycles. The zero-order chi connectivity index (χ0) is 19.0. The first-order valence-electron chi connectivity index (χ1n) is 9.96. The molecule has 4 nitrogen and oxygen atoms in total. The summed E-state index contributed by atoms with van der Waals surface area (Å²) in [4.78, 5) is 14.6. The Morgan fingerprint density at radius 1 is 1.12 bits per heavy atom. The molecule has 0 unspecified atom stereocenters. The van der Waals surface area contributed by atoms with Gasteiger partial charge in [0.05, 0.1) is 6.61 Å². The van der Waals surface area contributed by atoms with Gasteiger partial charge in [-0.1, -0.05) is 37.3 Å². The minimum atomic E-state index is -0.457. The lowest BCUT2D eigenvalue weighted by Crippen LogP contribution is -2.45. The predicted molar refractivity (Wildman–Crippen MR) is 105 cm³/mol. The van der Waals surface area contributed by atoms with Crippen molar-refractivity contribution in [2.75, 3.05) is 13.2 Å². The Kier molecular flexibility index (Phi) is 7.95. The SMILES string of the molecule is CC1CCC(N(CCCOCc2ccccc2)C(=O)OC(C)(C)C)CC1. The maximum Gasteiger partial charge on any atom is 0.410 e. The van der Waals surface area contributed by atoms with E-state index in [-0.39, 0.29) is 6.09 Å². The molecule has 26 heavy (non-hydrogen) atoms. The van der Waals surface area contributed by atoms with E-state index in [2.05, 4.69) is 19.1 Å². The van der Waals surface area contributed by atoms with E-state index in [0.717, 1.165) is 25.2 Å². The van der Waals surface area contributed by atoms with Crippen molar-refractivity contribution < 1.29 is 14.3 Å². The van der Waals surface area contributed by atoms with E-state index >= 15 is 0 Å². The van der Waals surface area contributed by atoms with Crippen LogP contribution in [0.1, 0.15) is 65.4 Å². The van der Waals surface area contributed by atoms with E-state index in [9.17, 15) is 4.79 Å². The highest BCUT2D eigenvalue weighted by atomic mass is 16.6. The van der Waals surface area contributed by atoms with E-state index in [1.807, 2.05) is 43.9 Å². The topological polar surface area (TPSA) is 38.8 Å². The quantitative estimate of drug-likeness (QED) is 0.610. The molecule has 1 saturated carbocycles. The molecule has 146 valence electrons. The summed E-state index contributed by atoms with van der Waals surface area (Å²) < 4.78 is 11.4. The molecule has 0 spiro atoms. The number of amides is 1. The third kappa shape index (κ3) is 7.36. The third-order valence-corrected chi connectivity index (χ3v) is 4.85. The Morgan fingerprint density at radius 2 is 1.77 bits per heavy atom. The Hall–Kier alpha value is -1.55. The largest absolute Gasteiger partial charge is 0.444 e. The molecule has 0 bridgehead atoms. The number of nitrogens with zero attached hydrogens (tertiary/aromatic N) is 1. The maximum absolute atomic E-state index is 12.7. The van der Waals surface area contributed by atoms with Crippen molar-refractivity contribution in [1.29, 1.82) is 0 Å². The van der Waals surface area contributed by atoms with Gasteiger partial charge in [-0.15, -0.1) is 0 Å². The fourth-order valence-corrected chi connectivity index (χ4v) is 3.40. The molecular weight excluding hydrogens is 326 g/mol. The minimum absolute atomic E-state index is 0.180. The number of hydrogen-bond acceptors (Lipinski definition) is 3. The highest BCUT2D eigenvalue weighted by molar-refractivity contribution is 5.68. The van der Waals surface area contributed by atoms with Crippen LogP contribution in [0.25, 0.3) is 0 Å². The van der Waals surface area contributed by atoms with E-state index in [0.29, 0.717) is 25.8 Å². The van der Waals surface area contributed by atoms with Gasteiger partial charge in [0.2, 0.25) is 0 Å². The normalized spacial score (nSPS) is 20.6. The summed E-state index contributed by atoms with van der Waals surface area (Å²) in [7, 11) is 0. The van der Waals surface area contributed by atoms with Crippen molar-refractivity contribution in [2.45, 2.75) is 78.0 Å². The second-order valence-corrected chi connectivity index (χ2v) is 8.48.